The predicted molar refractivity (Wildman–Crippen MR) is 87.1 cm³/mol. The molecule has 1 aliphatic heterocycles. The molecule has 3 rings (SSSR count). The lowest BCUT2D eigenvalue weighted by molar-refractivity contribution is -0.384. The molecule has 9 nitrogen and oxygen atoms in total. The number of aromatic nitrogens is 1. The molecule has 1 fully saturated rings. The smallest absolute Gasteiger partial charge is 0.352 e. The zero-order chi connectivity index (χ0) is 18.6. The molecule has 2 aromatic rings. The number of ether oxygens (including phenoxy) is 2. The lowest BCUT2D eigenvalue weighted by Crippen LogP contribution is -2.78. The van der Waals surface area contributed by atoms with E-state index in [1.54, 1.807) is 24.3 Å². The molecule has 0 aliphatic carbocycles. The number of carbonyl (C=O) groups is 1. The van der Waals surface area contributed by atoms with Crippen molar-refractivity contribution in [2.24, 2.45) is 0 Å². The van der Waals surface area contributed by atoms with E-state index in [0.717, 1.165) is 0 Å². The van der Waals surface area contributed by atoms with Gasteiger partial charge in [0.15, 0.2) is 18.3 Å². The molecule has 5 atom stereocenters. The number of aliphatic carboxylic acids is 1. The first-order chi connectivity index (χ1) is 11.5. The van der Waals surface area contributed by atoms with Crippen molar-refractivity contribution < 1.29 is 39.8 Å². The number of aliphatic hydroxyl groups excluding tert-OH is 2. The van der Waals surface area contributed by atoms with Gasteiger partial charge in [-0.2, -0.15) is 0 Å². The van der Waals surface area contributed by atoms with Crippen LogP contribution in [0.5, 0.6) is 5.88 Å². The van der Waals surface area contributed by atoms with Gasteiger partial charge in [0.2, 0.25) is 0 Å². The molecule has 0 radical (unpaired) electrons. The quantitative estimate of drug-likeness (QED) is 0.290. The van der Waals surface area contributed by atoms with Gasteiger partial charge in [-0.05, 0) is 22.0 Å². The Morgan fingerprint density at radius 2 is 1.96 bits per heavy atom. The first-order valence-corrected chi connectivity index (χ1v) is 8.07. The second-order valence-electron chi connectivity index (χ2n) is 5.50. The summed E-state index contributed by atoms with van der Waals surface area (Å²) in [6, 6.07) is 8.31. The molecule has 0 spiro atoms. The van der Waals surface area contributed by atoms with E-state index in [1.165, 1.54) is 6.07 Å². The number of fused-ring (bicyclic) bond motifs is 1. The molecule has 1 aromatic carbocycles. The summed E-state index contributed by atoms with van der Waals surface area (Å²) in [5.41, 5.74) is 0.602. The second kappa shape index (κ2) is 5.81. The number of H-pyrrole nitrogens is 1. The van der Waals surface area contributed by atoms with E-state index in [0.29, 0.717) is 10.9 Å². The van der Waals surface area contributed by atoms with Gasteiger partial charge in [-0.25, -0.2) is 4.79 Å². The van der Waals surface area contributed by atoms with Crippen LogP contribution < -0.4 is 4.74 Å². The van der Waals surface area contributed by atoms with Gasteiger partial charge in [0.05, 0.1) is 0 Å². The molecular weight excluding hydrogens is 426 g/mol. The number of hydrogen-bond acceptors (Lipinski definition) is 7. The third kappa shape index (κ3) is 2.53. The summed E-state index contributed by atoms with van der Waals surface area (Å²) in [7, 11) is 0. The fourth-order valence-electron chi connectivity index (χ4n) is 2.52. The number of benzene rings is 1. The van der Waals surface area contributed by atoms with Crippen molar-refractivity contribution in [2.75, 3.05) is 0 Å². The third-order valence-corrected chi connectivity index (χ3v) is 5.77. The summed E-state index contributed by atoms with van der Waals surface area (Å²) in [6.45, 7) is 0. The minimum atomic E-state index is -3.23. The number of aliphatic hydroxyl groups is 4. The van der Waals surface area contributed by atoms with Crippen LogP contribution in [0.1, 0.15) is 0 Å². The summed E-state index contributed by atoms with van der Waals surface area (Å²) in [5.74, 6) is -5.17. The molecular formula is C14H13BrClNO8. The fourth-order valence-corrected chi connectivity index (χ4v) is 3.27. The van der Waals surface area contributed by atoms with Crippen molar-refractivity contribution >= 4 is 44.4 Å². The summed E-state index contributed by atoms with van der Waals surface area (Å²) in [5, 5.41) is 47.7. The Hall–Kier alpha value is -1.40. The van der Waals surface area contributed by atoms with Gasteiger partial charge in [0, 0.05) is 17.0 Å². The van der Waals surface area contributed by atoms with Crippen LogP contribution in [0.2, 0.25) is 0 Å². The normalized spacial score (nSPS) is 38.6. The number of hydrogen-bond donors (Lipinski definition) is 6. The third-order valence-electron chi connectivity index (χ3n) is 3.90. The Morgan fingerprint density at radius 1 is 1.32 bits per heavy atom. The summed E-state index contributed by atoms with van der Waals surface area (Å²) < 4.78 is 6.98. The lowest BCUT2D eigenvalue weighted by Gasteiger charge is -2.51. The van der Waals surface area contributed by atoms with Gasteiger partial charge in [-0.3, -0.25) is 0 Å². The maximum absolute atomic E-state index is 11.4. The van der Waals surface area contributed by atoms with E-state index in [2.05, 4.69) is 25.7 Å². The summed E-state index contributed by atoms with van der Waals surface area (Å²) in [6.07, 6.45) is -4.53. The van der Waals surface area contributed by atoms with Crippen LogP contribution in [0.3, 0.4) is 0 Å². The van der Waals surface area contributed by atoms with Gasteiger partial charge in [-0.1, -0.05) is 29.8 Å². The van der Waals surface area contributed by atoms with Gasteiger partial charge >= 0.3 is 5.97 Å². The van der Waals surface area contributed by atoms with Crippen LogP contribution in [0.15, 0.2) is 30.3 Å². The van der Waals surface area contributed by atoms with Crippen molar-refractivity contribution in [2.45, 2.75) is 27.8 Å². The number of alkyl halides is 2. The highest BCUT2D eigenvalue weighted by Crippen LogP contribution is 2.51. The largest absolute Gasteiger partial charge is 0.478 e. The predicted octanol–water partition coefficient (Wildman–Crippen LogP) is 0.0480. The SMILES string of the molecule is O=C(O)[C@@]1(Br)O[C@@H](O)[C@H](O)[C@](O)(Oc2cc3ccccc3[nH]2)[C@@]1(O)Cl. The first kappa shape index (κ1) is 18.4. The van der Waals surface area contributed by atoms with Crippen molar-refractivity contribution in [1.82, 2.24) is 4.98 Å². The van der Waals surface area contributed by atoms with Gasteiger partial charge in [0.25, 0.3) is 15.4 Å². The minimum absolute atomic E-state index is 0.142. The van der Waals surface area contributed by atoms with Crippen LogP contribution in [0, 0.1) is 0 Å². The second-order valence-corrected chi connectivity index (χ2v) is 7.16. The highest BCUT2D eigenvalue weighted by molar-refractivity contribution is 9.10. The maximum atomic E-state index is 11.4. The average Bonchev–Trinajstić information content (AvgIpc) is 2.94. The summed E-state index contributed by atoms with van der Waals surface area (Å²) in [4.78, 5) is 14.2. The van der Waals surface area contributed by atoms with Crippen LogP contribution >= 0.6 is 27.5 Å². The Kier molecular flexibility index (Phi) is 4.27. The number of aromatic amines is 1. The Labute approximate surface area is 153 Å². The summed E-state index contributed by atoms with van der Waals surface area (Å²) >= 11 is 8.38. The Balaban J connectivity index is 2.07. The van der Waals surface area contributed by atoms with Crippen LogP contribution in [-0.4, -0.2) is 64.2 Å². The lowest BCUT2D eigenvalue weighted by atomic mass is 9.93. The number of nitrogens with one attached hydrogen (secondary N) is 1. The highest BCUT2D eigenvalue weighted by Gasteiger charge is 2.76. The van der Waals surface area contributed by atoms with E-state index < -0.39 is 33.7 Å². The van der Waals surface area contributed by atoms with Crippen molar-refractivity contribution in [3.63, 3.8) is 0 Å². The van der Waals surface area contributed by atoms with Gasteiger partial charge in [0.1, 0.15) is 0 Å². The molecule has 1 aromatic heterocycles. The van der Waals surface area contributed by atoms with Crippen molar-refractivity contribution in [3.8, 4) is 5.88 Å². The highest BCUT2D eigenvalue weighted by atomic mass is 79.9. The molecule has 25 heavy (non-hydrogen) atoms. The van der Waals surface area contributed by atoms with Crippen LogP contribution in [0.4, 0.5) is 0 Å². The van der Waals surface area contributed by atoms with E-state index in [4.69, 9.17) is 16.3 Å². The number of carboxylic acids is 1. The van der Waals surface area contributed by atoms with Crippen molar-refractivity contribution in [3.05, 3.63) is 30.3 Å². The van der Waals surface area contributed by atoms with E-state index in [9.17, 15) is 30.3 Å². The standard InChI is InChI=1S/C14H13BrClNO8/c15-12(11(20)21)14(16,23)13(22,9(18)10(19)25-12)24-8-5-6-3-1-2-4-7(6)17-8/h1-5,9-10,17-19,22-23H,(H,20,21)/t9-,10+,12+,13-,14+/m0/s1. The van der Waals surface area contributed by atoms with E-state index in [1.807, 2.05) is 0 Å². The number of para-hydroxylation sites is 1. The number of halogens is 2. The van der Waals surface area contributed by atoms with Gasteiger partial charge in [-0.15, -0.1) is 0 Å². The fraction of sp³-hybridized carbons (Fsp3) is 0.357. The molecule has 1 aliphatic rings. The Bertz CT molecular complexity index is 795. The maximum Gasteiger partial charge on any atom is 0.352 e. The zero-order valence-corrected chi connectivity index (χ0v) is 14.6. The molecule has 11 heteroatoms. The average molecular weight is 439 g/mol. The van der Waals surface area contributed by atoms with Crippen molar-refractivity contribution in [1.29, 1.82) is 0 Å². The zero-order valence-electron chi connectivity index (χ0n) is 12.3. The molecule has 136 valence electrons. The first-order valence-electron chi connectivity index (χ1n) is 6.89. The molecule has 0 amide bonds. The number of carboxylic acid groups (broad SMARTS) is 1. The number of rotatable bonds is 3. The van der Waals surface area contributed by atoms with E-state index in [-0.39, 0.29) is 5.88 Å². The van der Waals surface area contributed by atoms with Crippen LogP contribution in [0.25, 0.3) is 10.9 Å². The molecule has 0 saturated carbocycles. The molecule has 1 saturated heterocycles. The van der Waals surface area contributed by atoms with Crippen LogP contribution in [-0.2, 0) is 9.53 Å². The van der Waals surface area contributed by atoms with Gasteiger partial charge < -0.3 is 40.0 Å². The minimum Gasteiger partial charge on any atom is -0.478 e. The topological polar surface area (TPSA) is 152 Å². The molecule has 0 bridgehead atoms. The monoisotopic (exact) mass is 437 g/mol. The molecule has 6 N–H and O–H groups in total. The van der Waals surface area contributed by atoms with E-state index >= 15 is 0 Å². The molecule has 0 unspecified atom stereocenters. The molecule has 2 heterocycles. The Morgan fingerprint density at radius 3 is 2.56 bits per heavy atom.